The third kappa shape index (κ3) is 3.59. The molecule has 2 aromatic carbocycles. The molecule has 0 fully saturated rings. The number of nitrogens with one attached hydrogen (secondary N) is 1. The van der Waals surface area contributed by atoms with E-state index in [0.717, 1.165) is 17.5 Å². The Balaban J connectivity index is 1.99. The molecule has 0 spiro atoms. The van der Waals surface area contributed by atoms with E-state index in [1.54, 1.807) is 18.2 Å². The van der Waals surface area contributed by atoms with Crippen molar-refractivity contribution in [2.24, 2.45) is 0 Å². The summed E-state index contributed by atoms with van der Waals surface area (Å²) in [7, 11) is 0. The first-order valence-corrected chi connectivity index (χ1v) is 7.71. The second-order valence-electron chi connectivity index (χ2n) is 5.59. The molecule has 26 heavy (non-hydrogen) atoms. The second-order valence-corrected chi connectivity index (χ2v) is 5.59. The molecular formula is C18H15FN4O3. The largest absolute Gasteiger partial charge is 0.434 e. The molecule has 3 aromatic rings. The van der Waals surface area contributed by atoms with E-state index in [-0.39, 0.29) is 17.4 Å². The van der Waals surface area contributed by atoms with Gasteiger partial charge in [0.25, 0.3) is 0 Å². The molecule has 0 amide bonds. The molecule has 0 bridgehead atoms. The van der Waals surface area contributed by atoms with E-state index in [2.05, 4.69) is 15.3 Å². The highest BCUT2D eigenvalue weighted by Crippen LogP contribution is 2.36. The molecule has 0 aliphatic carbocycles. The van der Waals surface area contributed by atoms with E-state index in [1.807, 2.05) is 19.9 Å². The van der Waals surface area contributed by atoms with Gasteiger partial charge >= 0.3 is 11.6 Å². The molecule has 0 aliphatic heterocycles. The highest BCUT2D eigenvalue weighted by Gasteiger charge is 2.25. The first kappa shape index (κ1) is 17.3. The van der Waals surface area contributed by atoms with E-state index >= 15 is 0 Å². The summed E-state index contributed by atoms with van der Waals surface area (Å²) in [5.41, 5.74) is 1.63. The Morgan fingerprint density at radius 1 is 1.12 bits per heavy atom. The van der Waals surface area contributed by atoms with Crippen molar-refractivity contribution in [1.82, 2.24) is 9.97 Å². The molecule has 1 aromatic heterocycles. The third-order valence-electron chi connectivity index (χ3n) is 3.79. The first-order valence-electron chi connectivity index (χ1n) is 7.71. The molecule has 0 atom stereocenters. The zero-order valence-corrected chi connectivity index (χ0v) is 14.1. The molecule has 0 unspecified atom stereocenters. The van der Waals surface area contributed by atoms with Gasteiger partial charge in [0, 0.05) is 0 Å². The number of halogens is 1. The van der Waals surface area contributed by atoms with E-state index < -0.39 is 16.4 Å². The highest BCUT2D eigenvalue weighted by molar-refractivity contribution is 5.69. The quantitative estimate of drug-likeness (QED) is 0.529. The Bertz CT molecular complexity index is 978. The van der Waals surface area contributed by atoms with Gasteiger partial charge in [-0.25, -0.2) is 9.37 Å². The molecule has 8 heteroatoms. The van der Waals surface area contributed by atoms with Crippen LogP contribution in [0.4, 0.5) is 21.6 Å². The minimum absolute atomic E-state index is 0.0615. The van der Waals surface area contributed by atoms with Gasteiger partial charge in [0.1, 0.15) is 17.9 Å². The summed E-state index contributed by atoms with van der Waals surface area (Å²) in [6.07, 6.45) is 1.12. The third-order valence-corrected chi connectivity index (χ3v) is 3.79. The molecule has 0 saturated carbocycles. The fraction of sp³-hybridized carbons (Fsp3) is 0.111. The Kier molecular flexibility index (Phi) is 4.74. The van der Waals surface area contributed by atoms with Gasteiger partial charge in [0.15, 0.2) is 0 Å². The van der Waals surface area contributed by atoms with Crippen LogP contribution in [0.3, 0.4) is 0 Å². The van der Waals surface area contributed by atoms with E-state index in [4.69, 9.17) is 4.74 Å². The maximum atomic E-state index is 13.8. The summed E-state index contributed by atoms with van der Waals surface area (Å²) in [5, 5.41) is 14.2. The van der Waals surface area contributed by atoms with Crippen LogP contribution < -0.4 is 10.1 Å². The summed E-state index contributed by atoms with van der Waals surface area (Å²) >= 11 is 0. The molecule has 1 N–H and O–H groups in total. The van der Waals surface area contributed by atoms with Crippen LogP contribution in [0.1, 0.15) is 11.1 Å². The predicted octanol–water partition coefficient (Wildman–Crippen LogP) is 4.68. The van der Waals surface area contributed by atoms with E-state index in [1.165, 1.54) is 18.2 Å². The number of aryl methyl sites for hydroxylation is 2. The molecule has 7 nitrogen and oxygen atoms in total. The number of nitro groups is 1. The second kappa shape index (κ2) is 7.14. The Hall–Kier alpha value is -3.55. The van der Waals surface area contributed by atoms with Gasteiger partial charge in [-0.05, 0) is 49.2 Å². The number of ether oxygens (including phenoxy) is 1. The molecule has 132 valence electrons. The van der Waals surface area contributed by atoms with Crippen LogP contribution in [-0.4, -0.2) is 14.9 Å². The Labute approximate surface area is 148 Å². The lowest BCUT2D eigenvalue weighted by atomic mass is 10.1. The van der Waals surface area contributed by atoms with Crippen LogP contribution in [0, 0.1) is 29.8 Å². The smallest absolute Gasteiger partial charge is 0.373 e. The molecule has 3 rings (SSSR count). The van der Waals surface area contributed by atoms with E-state index in [9.17, 15) is 14.5 Å². The standard InChI is InChI=1S/C18H15FN4O3/c1-11-7-8-13(9-12(11)2)26-18-16(23(24)25)17(20-10-21-18)22-15-6-4-3-5-14(15)19/h3-10H,1-2H3,(H,20,21,22). The summed E-state index contributed by atoms with van der Waals surface area (Å²) < 4.78 is 19.4. The average Bonchev–Trinajstić information content (AvgIpc) is 2.60. The van der Waals surface area contributed by atoms with Crippen molar-refractivity contribution in [2.45, 2.75) is 13.8 Å². The Morgan fingerprint density at radius 3 is 2.58 bits per heavy atom. The van der Waals surface area contributed by atoms with Crippen LogP contribution in [0.25, 0.3) is 0 Å². The number of hydrogen-bond donors (Lipinski definition) is 1. The van der Waals surface area contributed by atoms with Crippen molar-refractivity contribution in [1.29, 1.82) is 0 Å². The lowest BCUT2D eigenvalue weighted by molar-refractivity contribution is -0.385. The molecule has 1 heterocycles. The van der Waals surface area contributed by atoms with Crippen molar-refractivity contribution in [3.8, 4) is 11.6 Å². The van der Waals surface area contributed by atoms with Crippen LogP contribution in [-0.2, 0) is 0 Å². The number of benzene rings is 2. The average molecular weight is 354 g/mol. The normalized spacial score (nSPS) is 10.4. The predicted molar refractivity (Wildman–Crippen MR) is 94.4 cm³/mol. The highest BCUT2D eigenvalue weighted by atomic mass is 19.1. The van der Waals surface area contributed by atoms with Crippen molar-refractivity contribution < 1.29 is 14.1 Å². The van der Waals surface area contributed by atoms with Crippen LogP contribution >= 0.6 is 0 Å². The minimum Gasteiger partial charge on any atom is -0.434 e. The van der Waals surface area contributed by atoms with Crippen molar-refractivity contribution >= 4 is 17.2 Å². The number of rotatable bonds is 5. The number of hydrogen-bond acceptors (Lipinski definition) is 6. The van der Waals surface area contributed by atoms with Crippen molar-refractivity contribution in [3.63, 3.8) is 0 Å². The van der Waals surface area contributed by atoms with Gasteiger partial charge in [-0.3, -0.25) is 10.1 Å². The minimum atomic E-state index is -0.667. The van der Waals surface area contributed by atoms with Gasteiger partial charge in [-0.1, -0.05) is 18.2 Å². The summed E-state index contributed by atoms with van der Waals surface area (Å²) in [6.45, 7) is 3.85. The molecular weight excluding hydrogens is 339 g/mol. The SMILES string of the molecule is Cc1ccc(Oc2ncnc(Nc3ccccc3F)c2[N+](=O)[O-])cc1C. The van der Waals surface area contributed by atoms with E-state index in [0.29, 0.717) is 5.75 Å². The maximum Gasteiger partial charge on any atom is 0.373 e. The summed E-state index contributed by atoms with van der Waals surface area (Å²) in [5.74, 6) is -0.537. The molecule has 0 aliphatic rings. The van der Waals surface area contributed by atoms with Crippen LogP contribution in [0.2, 0.25) is 0 Å². The van der Waals surface area contributed by atoms with Gasteiger partial charge in [0.2, 0.25) is 5.82 Å². The zero-order valence-electron chi connectivity index (χ0n) is 14.1. The summed E-state index contributed by atoms with van der Waals surface area (Å²) in [6, 6.07) is 11.1. The fourth-order valence-electron chi connectivity index (χ4n) is 2.27. The van der Waals surface area contributed by atoms with Gasteiger partial charge in [0.05, 0.1) is 10.6 Å². The zero-order chi connectivity index (χ0) is 18.7. The molecule has 0 radical (unpaired) electrons. The number of para-hydroxylation sites is 1. The topological polar surface area (TPSA) is 90.2 Å². The lowest BCUT2D eigenvalue weighted by Gasteiger charge is -2.10. The molecule has 0 saturated heterocycles. The summed E-state index contributed by atoms with van der Waals surface area (Å²) in [4.78, 5) is 18.6. The lowest BCUT2D eigenvalue weighted by Crippen LogP contribution is -2.04. The number of nitrogens with zero attached hydrogens (tertiary/aromatic N) is 3. The van der Waals surface area contributed by atoms with Crippen LogP contribution in [0.15, 0.2) is 48.8 Å². The number of aromatic nitrogens is 2. The van der Waals surface area contributed by atoms with Gasteiger partial charge in [-0.15, -0.1) is 0 Å². The number of anilines is 2. The van der Waals surface area contributed by atoms with Crippen LogP contribution in [0.5, 0.6) is 11.6 Å². The fourth-order valence-corrected chi connectivity index (χ4v) is 2.27. The maximum absolute atomic E-state index is 13.8. The van der Waals surface area contributed by atoms with Gasteiger partial charge < -0.3 is 10.1 Å². The monoisotopic (exact) mass is 354 g/mol. The van der Waals surface area contributed by atoms with Crippen molar-refractivity contribution in [3.05, 3.63) is 75.9 Å². The van der Waals surface area contributed by atoms with Crippen molar-refractivity contribution in [2.75, 3.05) is 5.32 Å². The Morgan fingerprint density at radius 2 is 1.88 bits per heavy atom. The van der Waals surface area contributed by atoms with Gasteiger partial charge in [-0.2, -0.15) is 4.98 Å². The first-order chi connectivity index (χ1) is 12.5.